The van der Waals surface area contributed by atoms with Crippen LogP contribution in [-0.2, 0) is 22.9 Å². The summed E-state index contributed by atoms with van der Waals surface area (Å²) in [7, 11) is 1.07. The summed E-state index contributed by atoms with van der Waals surface area (Å²) in [4.78, 5) is 12.8. The molecule has 0 unspecified atom stereocenters. The van der Waals surface area contributed by atoms with Gasteiger partial charge in [-0.05, 0) is 51.4 Å². The van der Waals surface area contributed by atoms with E-state index >= 15 is 0 Å². The summed E-state index contributed by atoms with van der Waals surface area (Å²) in [6, 6.07) is 12.0. The summed E-state index contributed by atoms with van der Waals surface area (Å²) in [5.41, 5.74) is 0.816. The minimum absolute atomic E-state index is 0.0777. The molecule has 2 aromatic carbocycles. The number of hydrogen-bond donors (Lipinski definition) is 0. The number of fused-ring (bicyclic) bond motifs is 1. The molecule has 0 amide bonds. The Bertz CT molecular complexity index is 1170. The Balaban J connectivity index is 1.76. The predicted molar refractivity (Wildman–Crippen MR) is 115 cm³/mol. The predicted octanol–water partition coefficient (Wildman–Crippen LogP) is 3.29. The summed E-state index contributed by atoms with van der Waals surface area (Å²) >= 11 is 0. The largest absolute Gasteiger partial charge is 0.494 e. The molecule has 0 aliphatic carbocycles. The van der Waals surface area contributed by atoms with Crippen molar-refractivity contribution in [3.05, 3.63) is 58.4 Å². The van der Waals surface area contributed by atoms with Crippen LogP contribution >= 0.6 is 0 Å². The van der Waals surface area contributed by atoms with Gasteiger partial charge in [-0.15, -0.1) is 0 Å². The molecule has 0 atom stereocenters. The van der Waals surface area contributed by atoms with Gasteiger partial charge in [0.05, 0.1) is 28.6 Å². The molecule has 0 bridgehead atoms. The van der Waals surface area contributed by atoms with Crippen molar-refractivity contribution < 1.29 is 22.8 Å². The molecule has 2 heterocycles. The molecule has 9 heteroatoms. The molecule has 164 valence electrons. The second-order valence-corrected chi connectivity index (χ2v) is 8.74. The summed E-state index contributed by atoms with van der Waals surface area (Å²) in [6.07, 6.45) is 0. The fraction of sp³-hybridized carbons (Fsp3) is 0.409. The van der Waals surface area contributed by atoms with E-state index in [1.54, 1.807) is 36.0 Å². The van der Waals surface area contributed by atoms with Crippen LogP contribution in [0.4, 0.5) is 8.78 Å². The average Bonchev–Trinajstić information content (AvgIpc) is 3.06. The van der Waals surface area contributed by atoms with Crippen molar-refractivity contribution in [1.82, 2.24) is 9.36 Å². The molecule has 0 N–H and O–H groups in total. The molecule has 3 aromatic rings. The smallest absolute Gasteiger partial charge is 0.434 e. The fourth-order valence-electron chi connectivity index (χ4n) is 3.71. The van der Waals surface area contributed by atoms with Crippen LogP contribution in [0.1, 0.15) is 33.3 Å². The molecule has 1 aliphatic heterocycles. The van der Waals surface area contributed by atoms with Gasteiger partial charge in [0, 0.05) is 12.6 Å². The van der Waals surface area contributed by atoms with E-state index in [9.17, 15) is 13.6 Å². The van der Waals surface area contributed by atoms with E-state index < -0.39 is 24.9 Å². The Labute approximate surface area is 179 Å². The van der Waals surface area contributed by atoms with E-state index in [0.717, 1.165) is 5.46 Å². The lowest BCUT2D eigenvalue weighted by Gasteiger charge is -2.32. The average molecular weight is 430 g/mol. The normalized spacial score (nSPS) is 17.6. The molecule has 31 heavy (non-hydrogen) atoms. The summed E-state index contributed by atoms with van der Waals surface area (Å²) in [6.45, 7) is 5.16. The number of nitrogens with zero attached hydrogens (tertiary/aromatic N) is 2. The van der Waals surface area contributed by atoms with E-state index in [2.05, 4.69) is 4.74 Å². The second kappa shape index (κ2) is 7.49. The lowest BCUT2D eigenvalue weighted by molar-refractivity contribution is -0.0505. The van der Waals surface area contributed by atoms with E-state index in [-0.39, 0.29) is 17.9 Å². The topological polar surface area (TPSA) is 54.6 Å². The first-order chi connectivity index (χ1) is 14.5. The van der Waals surface area contributed by atoms with Gasteiger partial charge in [0.1, 0.15) is 5.75 Å². The maximum absolute atomic E-state index is 12.8. The van der Waals surface area contributed by atoms with Gasteiger partial charge in [-0.3, -0.25) is 14.2 Å². The van der Waals surface area contributed by atoms with Gasteiger partial charge >= 0.3 is 13.7 Å². The highest BCUT2D eigenvalue weighted by Gasteiger charge is 2.51. The zero-order valence-electron chi connectivity index (χ0n) is 18.2. The van der Waals surface area contributed by atoms with E-state index in [1.165, 1.54) is 10.7 Å². The molecule has 1 aromatic heterocycles. The van der Waals surface area contributed by atoms with Crippen molar-refractivity contribution >= 4 is 23.5 Å². The van der Waals surface area contributed by atoms with Crippen molar-refractivity contribution in [2.45, 2.75) is 52.1 Å². The minimum Gasteiger partial charge on any atom is -0.434 e. The molecule has 1 fully saturated rings. The molecule has 1 aliphatic rings. The standard InChI is InChI=1S/C22H25BF2N2O4/c1-21(2)22(3,4)31-23(30-21)15-10-11-16-17(12-15)27(26(5)19(16)28)13-14-8-6-7-9-18(14)29-20(24)25/h6-12,20H,13H2,1-5H3. The van der Waals surface area contributed by atoms with Gasteiger partial charge < -0.3 is 14.0 Å². The SMILES string of the molecule is Cn1c(=O)c2ccc(B3OC(C)(C)C(C)(C)O3)cc2n1Cc1ccccc1OC(F)F. The highest BCUT2D eigenvalue weighted by atomic mass is 19.3. The van der Waals surface area contributed by atoms with E-state index in [1.807, 2.05) is 39.8 Å². The van der Waals surface area contributed by atoms with Crippen LogP contribution in [0.5, 0.6) is 5.75 Å². The lowest BCUT2D eigenvalue weighted by Crippen LogP contribution is -2.41. The van der Waals surface area contributed by atoms with Crippen molar-refractivity contribution in [3.8, 4) is 5.75 Å². The summed E-state index contributed by atoms with van der Waals surface area (Å²) in [5, 5.41) is 0.523. The third kappa shape index (κ3) is 3.76. The molecular weight excluding hydrogens is 405 g/mol. The number of hydrogen-bond acceptors (Lipinski definition) is 4. The second-order valence-electron chi connectivity index (χ2n) is 8.74. The van der Waals surface area contributed by atoms with Gasteiger partial charge in [-0.2, -0.15) is 8.78 Å². The zero-order valence-corrected chi connectivity index (χ0v) is 18.2. The number of benzene rings is 2. The number of ether oxygens (including phenoxy) is 1. The Morgan fingerprint density at radius 1 is 1.06 bits per heavy atom. The van der Waals surface area contributed by atoms with Crippen molar-refractivity contribution in [2.75, 3.05) is 0 Å². The lowest BCUT2D eigenvalue weighted by atomic mass is 9.79. The van der Waals surface area contributed by atoms with Crippen LogP contribution in [0.3, 0.4) is 0 Å². The third-order valence-electron chi connectivity index (χ3n) is 6.22. The fourth-order valence-corrected chi connectivity index (χ4v) is 3.71. The Hall–Kier alpha value is -2.65. The minimum atomic E-state index is -2.93. The number of alkyl halides is 2. The first-order valence-corrected chi connectivity index (χ1v) is 10.1. The van der Waals surface area contributed by atoms with Crippen molar-refractivity contribution in [1.29, 1.82) is 0 Å². The Morgan fingerprint density at radius 3 is 2.35 bits per heavy atom. The number of para-hydroxylation sites is 1. The highest BCUT2D eigenvalue weighted by Crippen LogP contribution is 2.36. The van der Waals surface area contributed by atoms with Gasteiger partial charge in [0.15, 0.2) is 0 Å². The number of halogens is 2. The van der Waals surface area contributed by atoms with Crippen molar-refractivity contribution in [3.63, 3.8) is 0 Å². The van der Waals surface area contributed by atoms with Crippen LogP contribution in [-0.4, -0.2) is 34.3 Å². The maximum Gasteiger partial charge on any atom is 0.494 e. The molecule has 6 nitrogen and oxygen atoms in total. The number of aromatic nitrogens is 2. The van der Waals surface area contributed by atoms with Crippen LogP contribution in [0, 0.1) is 0 Å². The first-order valence-electron chi connectivity index (χ1n) is 10.1. The van der Waals surface area contributed by atoms with Crippen molar-refractivity contribution in [2.24, 2.45) is 7.05 Å². The first kappa shape index (κ1) is 21.6. The molecule has 0 saturated carbocycles. The summed E-state index contributed by atoms with van der Waals surface area (Å²) < 4.78 is 45.8. The quantitative estimate of drug-likeness (QED) is 0.584. The molecule has 0 radical (unpaired) electrons. The summed E-state index contributed by atoms with van der Waals surface area (Å²) in [5.74, 6) is 0.0777. The van der Waals surface area contributed by atoms with Crippen LogP contribution in [0.15, 0.2) is 47.3 Å². The van der Waals surface area contributed by atoms with Crippen LogP contribution in [0.25, 0.3) is 10.9 Å². The monoisotopic (exact) mass is 430 g/mol. The number of rotatable bonds is 5. The van der Waals surface area contributed by atoms with Gasteiger partial charge in [0.2, 0.25) is 0 Å². The van der Waals surface area contributed by atoms with Gasteiger partial charge in [-0.25, -0.2) is 0 Å². The Kier molecular flexibility index (Phi) is 5.22. The maximum atomic E-state index is 12.8. The van der Waals surface area contributed by atoms with Gasteiger partial charge in [0.25, 0.3) is 5.56 Å². The molecule has 0 spiro atoms. The van der Waals surface area contributed by atoms with Crippen LogP contribution < -0.4 is 15.8 Å². The van der Waals surface area contributed by atoms with Crippen LogP contribution in [0.2, 0.25) is 0 Å². The van der Waals surface area contributed by atoms with E-state index in [4.69, 9.17) is 9.31 Å². The highest BCUT2D eigenvalue weighted by molar-refractivity contribution is 6.62. The van der Waals surface area contributed by atoms with Gasteiger partial charge in [-0.1, -0.05) is 24.3 Å². The molecular formula is C22H25BF2N2O4. The molecule has 4 rings (SSSR count). The third-order valence-corrected chi connectivity index (χ3v) is 6.22. The Morgan fingerprint density at radius 2 is 1.71 bits per heavy atom. The molecule has 1 saturated heterocycles. The zero-order chi connectivity index (χ0) is 22.6. The van der Waals surface area contributed by atoms with E-state index in [0.29, 0.717) is 16.5 Å².